The molecule has 0 aromatic rings. The van der Waals surface area contributed by atoms with Gasteiger partial charge in [0.25, 0.3) is 0 Å². The number of aliphatic carboxylic acids is 1. The molecule has 5 nitrogen and oxygen atoms in total. The number of ketones is 1. The first-order valence-electron chi connectivity index (χ1n) is 4.34. The molecule has 0 aliphatic rings. The summed E-state index contributed by atoms with van der Waals surface area (Å²) < 4.78 is 4.72. The van der Waals surface area contributed by atoms with E-state index in [1.165, 1.54) is 0 Å². The Morgan fingerprint density at radius 1 is 1.21 bits per heavy atom. The lowest BCUT2D eigenvalue weighted by atomic mass is 10.2. The lowest BCUT2D eigenvalue weighted by molar-refractivity contribution is -0.150. The van der Waals surface area contributed by atoms with Crippen molar-refractivity contribution in [2.75, 3.05) is 0 Å². The van der Waals surface area contributed by atoms with E-state index in [1.54, 1.807) is 13.8 Å². The number of hydrogen-bond donors (Lipinski definition) is 1. The summed E-state index contributed by atoms with van der Waals surface area (Å²) in [6, 6.07) is 0. The molecule has 0 spiro atoms. The molecular formula is C9H14O5. The van der Waals surface area contributed by atoms with Crippen molar-refractivity contribution < 1.29 is 24.2 Å². The van der Waals surface area contributed by atoms with E-state index in [1.807, 2.05) is 0 Å². The van der Waals surface area contributed by atoms with Crippen LogP contribution in [0.2, 0.25) is 0 Å². The number of carbonyl (C=O) groups excluding carboxylic acids is 2. The number of carbonyl (C=O) groups is 3. The van der Waals surface area contributed by atoms with Gasteiger partial charge in [-0.25, -0.2) is 0 Å². The first kappa shape index (κ1) is 12.6. The third-order valence-electron chi connectivity index (χ3n) is 1.33. The third kappa shape index (κ3) is 7.27. The molecule has 0 aliphatic heterocycles. The van der Waals surface area contributed by atoms with Crippen LogP contribution in [0, 0.1) is 0 Å². The van der Waals surface area contributed by atoms with Crippen molar-refractivity contribution in [3.8, 4) is 0 Å². The zero-order chi connectivity index (χ0) is 11.1. The second kappa shape index (κ2) is 6.12. The molecule has 1 N–H and O–H groups in total. The number of Topliss-reactive ketones (excluding diaryl/α,β-unsaturated/α-hetero) is 1. The van der Waals surface area contributed by atoms with Gasteiger partial charge in [0.1, 0.15) is 12.2 Å². The SMILES string of the molecule is CC(C)OC(=O)CC(=O)CCC(=O)O. The summed E-state index contributed by atoms with van der Waals surface area (Å²) in [5, 5.41) is 8.27. The maximum absolute atomic E-state index is 11.0. The molecule has 0 saturated heterocycles. The van der Waals surface area contributed by atoms with Crippen LogP contribution in [0.4, 0.5) is 0 Å². The second-order valence-electron chi connectivity index (χ2n) is 3.15. The van der Waals surface area contributed by atoms with Gasteiger partial charge in [-0.3, -0.25) is 14.4 Å². The Hall–Kier alpha value is -1.39. The number of rotatable bonds is 6. The van der Waals surface area contributed by atoms with E-state index in [2.05, 4.69) is 0 Å². The maximum atomic E-state index is 11.0. The molecule has 0 aliphatic carbocycles. The molecule has 5 heteroatoms. The zero-order valence-electron chi connectivity index (χ0n) is 8.28. The van der Waals surface area contributed by atoms with Crippen LogP contribution in [-0.2, 0) is 19.1 Å². The zero-order valence-corrected chi connectivity index (χ0v) is 8.28. The van der Waals surface area contributed by atoms with Crippen molar-refractivity contribution in [2.45, 2.75) is 39.2 Å². The summed E-state index contributed by atoms with van der Waals surface area (Å²) in [5.41, 5.74) is 0. The molecule has 80 valence electrons. The number of carboxylic acids is 1. The molecule has 0 amide bonds. The van der Waals surface area contributed by atoms with Crippen LogP contribution in [0.1, 0.15) is 33.1 Å². The van der Waals surface area contributed by atoms with Gasteiger partial charge >= 0.3 is 11.9 Å². The lowest BCUT2D eigenvalue weighted by Crippen LogP contribution is -2.16. The van der Waals surface area contributed by atoms with E-state index in [0.717, 1.165) is 0 Å². The minimum absolute atomic E-state index is 0.122. The average Bonchev–Trinajstić information content (AvgIpc) is 1.98. The van der Waals surface area contributed by atoms with E-state index < -0.39 is 17.7 Å². The van der Waals surface area contributed by atoms with Gasteiger partial charge in [-0.1, -0.05) is 0 Å². The van der Waals surface area contributed by atoms with E-state index in [-0.39, 0.29) is 25.4 Å². The Bertz CT molecular complexity index is 231. The van der Waals surface area contributed by atoms with E-state index in [4.69, 9.17) is 9.84 Å². The van der Waals surface area contributed by atoms with Gasteiger partial charge < -0.3 is 9.84 Å². The minimum atomic E-state index is -1.05. The van der Waals surface area contributed by atoms with Crippen LogP contribution >= 0.6 is 0 Å². The molecule has 0 aromatic heterocycles. The lowest BCUT2D eigenvalue weighted by Gasteiger charge is -2.06. The largest absolute Gasteiger partial charge is 0.481 e. The van der Waals surface area contributed by atoms with Crippen LogP contribution in [-0.4, -0.2) is 28.9 Å². The number of carboxylic acid groups (broad SMARTS) is 1. The fraction of sp³-hybridized carbons (Fsp3) is 0.667. The molecule has 0 unspecified atom stereocenters. The second-order valence-corrected chi connectivity index (χ2v) is 3.15. The van der Waals surface area contributed by atoms with Crippen LogP contribution in [0.5, 0.6) is 0 Å². The highest BCUT2D eigenvalue weighted by molar-refractivity contribution is 5.96. The molecule has 0 heterocycles. The van der Waals surface area contributed by atoms with E-state index in [0.29, 0.717) is 0 Å². The first-order chi connectivity index (χ1) is 6.41. The van der Waals surface area contributed by atoms with Crippen LogP contribution in [0.25, 0.3) is 0 Å². The summed E-state index contributed by atoms with van der Waals surface area (Å²) in [6.45, 7) is 3.36. The smallest absolute Gasteiger partial charge is 0.313 e. The minimum Gasteiger partial charge on any atom is -0.481 e. The first-order valence-corrected chi connectivity index (χ1v) is 4.34. The Kier molecular flexibility index (Phi) is 5.52. The molecule has 0 fully saturated rings. The third-order valence-corrected chi connectivity index (χ3v) is 1.33. The summed E-state index contributed by atoms with van der Waals surface area (Å²) in [7, 11) is 0. The van der Waals surface area contributed by atoms with Crippen molar-refractivity contribution in [3.05, 3.63) is 0 Å². The normalized spacial score (nSPS) is 9.93. The Labute approximate surface area is 82.1 Å². The number of hydrogen-bond acceptors (Lipinski definition) is 4. The van der Waals surface area contributed by atoms with Crippen molar-refractivity contribution in [1.29, 1.82) is 0 Å². The Morgan fingerprint density at radius 2 is 1.79 bits per heavy atom. The highest BCUT2D eigenvalue weighted by Crippen LogP contribution is 1.99. The molecule has 0 radical (unpaired) electrons. The van der Waals surface area contributed by atoms with Crippen molar-refractivity contribution in [2.24, 2.45) is 0 Å². The summed E-state index contributed by atoms with van der Waals surface area (Å²) in [5.74, 6) is -2.05. The Balaban J connectivity index is 3.72. The topological polar surface area (TPSA) is 80.7 Å². The van der Waals surface area contributed by atoms with Crippen molar-refractivity contribution in [1.82, 2.24) is 0 Å². The predicted molar refractivity (Wildman–Crippen MR) is 47.7 cm³/mol. The monoisotopic (exact) mass is 202 g/mol. The van der Waals surface area contributed by atoms with Crippen LogP contribution in [0.3, 0.4) is 0 Å². The number of esters is 1. The van der Waals surface area contributed by atoms with Crippen LogP contribution < -0.4 is 0 Å². The van der Waals surface area contributed by atoms with Gasteiger partial charge in [-0.15, -0.1) is 0 Å². The summed E-state index contributed by atoms with van der Waals surface area (Å²) >= 11 is 0. The van der Waals surface area contributed by atoms with Gasteiger partial charge in [-0.2, -0.15) is 0 Å². The fourth-order valence-corrected chi connectivity index (χ4v) is 0.800. The van der Waals surface area contributed by atoms with Crippen LogP contribution in [0.15, 0.2) is 0 Å². The highest BCUT2D eigenvalue weighted by Gasteiger charge is 2.13. The van der Waals surface area contributed by atoms with Gasteiger partial charge in [0, 0.05) is 6.42 Å². The molecule has 0 bridgehead atoms. The number of ether oxygens (including phenoxy) is 1. The van der Waals surface area contributed by atoms with Crippen molar-refractivity contribution >= 4 is 17.7 Å². The summed E-state index contributed by atoms with van der Waals surface area (Å²) in [4.78, 5) is 32.0. The Morgan fingerprint density at radius 3 is 2.21 bits per heavy atom. The highest BCUT2D eigenvalue weighted by atomic mass is 16.5. The van der Waals surface area contributed by atoms with Gasteiger partial charge in [-0.05, 0) is 13.8 Å². The molecule has 0 atom stereocenters. The van der Waals surface area contributed by atoms with Crippen molar-refractivity contribution in [3.63, 3.8) is 0 Å². The molecule has 14 heavy (non-hydrogen) atoms. The van der Waals surface area contributed by atoms with Gasteiger partial charge in [0.2, 0.25) is 0 Å². The van der Waals surface area contributed by atoms with Gasteiger partial charge in [0.05, 0.1) is 12.5 Å². The van der Waals surface area contributed by atoms with Gasteiger partial charge in [0.15, 0.2) is 0 Å². The molecule has 0 saturated carbocycles. The summed E-state index contributed by atoms with van der Waals surface area (Å²) in [6.07, 6.45) is -0.961. The predicted octanol–water partition coefficient (Wildman–Crippen LogP) is 0.762. The molecule has 0 rings (SSSR count). The standard InChI is InChI=1S/C9H14O5/c1-6(2)14-9(13)5-7(10)3-4-8(11)12/h6H,3-5H2,1-2H3,(H,11,12). The molecular weight excluding hydrogens is 188 g/mol. The fourth-order valence-electron chi connectivity index (χ4n) is 0.800. The quantitative estimate of drug-likeness (QED) is 0.508. The maximum Gasteiger partial charge on any atom is 0.313 e. The van der Waals surface area contributed by atoms with E-state index in [9.17, 15) is 14.4 Å². The molecule has 0 aromatic carbocycles. The average molecular weight is 202 g/mol. The van der Waals surface area contributed by atoms with E-state index >= 15 is 0 Å².